The van der Waals surface area contributed by atoms with Gasteiger partial charge in [0, 0.05) is 13.6 Å². The van der Waals surface area contributed by atoms with Gasteiger partial charge in [0.15, 0.2) is 0 Å². The fourth-order valence-corrected chi connectivity index (χ4v) is 4.30. The third-order valence-corrected chi connectivity index (χ3v) is 5.67. The fourth-order valence-electron chi connectivity index (χ4n) is 3.16. The van der Waals surface area contributed by atoms with Crippen molar-refractivity contribution in [1.82, 2.24) is 14.7 Å². The second kappa shape index (κ2) is 4.99. The zero-order valence-corrected chi connectivity index (χ0v) is 13.3. The van der Waals surface area contributed by atoms with E-state index in [9.17, 15) is 9.90 Å². The molecule has 0 radical (unpaired) electrons. The summed E-state index contributed by atoms with van der Waals surface area (Å²) in [7, 11) is 1.86. The number of fused-ring (bicyclic) bond motifs is 1. The van der Waals surface area contributed by atoms with Gasteiger partial charge in [-0.3, -0.25) is 9.48 Å². The maximum Gasteiger partial charge on any atom is 0.266 e. The summed E-state index contributed by atoms with van der Waals surface area (Å²) in [4.78, 5) is 16.0. The van der Waals surface area contributed by atoms with E-state index in [0.29, 0.717) is 23.0 Å². The van der Waals surface area contributed by atoms with Crippen LogP contribution in [0.5, 0.6) is 0 Å². The van der Waals surface area contributed by atoms with E-state index in [0.717, 1.165) is 22.3 Å². The van der Waals surface area contributed by atoms with Gasteiger partial charge < -0.3 is 15.7 Å². The van der Waals surface area contributed by atoms with Crippen LogP contribution in [0.3, 0.4) is 0 Å². The molecule has 1 amide bonds. The first-order chi connectivity index (χ1) is 9.95. The van der Waals surface area contributed by atoms with Crippen molar-refractivity contribution < 1.29 is 9.90 Å². The first kappa shape index (κ1) is 14.3. The van der Waals surface area contributed by atoms with Crippen LogP contribution in [0.15, 0.2) is 0 Å². The number of aryl methyl sites for hydroxylation is 2. The van der Waals surface area contributed by atoms with Crippen LogP contribution >= 0.6 is 11.3 Å². The second-order valence-corrected chi connectivity index (χ2v) is 6.75. The molecule has 114 valence electrons. The Morgan fingerprint density at radius 1 is 1.57 bits per heavy atom. The number of likely N-dealkylation sites (tertiary alicyclic amines) is 1. The van der Waals surface area contributed by atoms with Crippen molar-refractivity contribution >= 4 is 33.1 Å². The molecule has 6 nitrogen and oxygen atoms in total. The number of aliphatic hydroxyl groups excluding tert-OH is 1. The number of carbonyl (C=O) groups is 1. The number of rotatable bonds is 2. The normalized spacial score (nSPS) is 22.4. The largest absolute Gasteiger partial charge is 0.397 e. The number of anilines is 1. The summed E-state index contributed by atoms with van der Waals surface area (Å²) < 4.78 is 1.76. The van der Waals surface area contributed by atoms with E-state index >= 15 is 0 Å². The molecule has 3 N–H and O–H groups in total. The predicted molar refractivity (Wildman–Crippen MR) is 83.4 cm³/mol. The molecular formula is C14H20N4O2S. The molecule has 0 saturated carbocycles. The Balaban J connectivity index is 2.02. The van der Waals surface area contributed by atoms with E-state index in [2.05, 4.69) is 12.0 Å². The van der Waals surface area contributed by atoms with Crippen LogP contribution in [-0.2, 0) is 7.05 Å². The summed E-state index contributed by atoms with van der Waals surface area (Å²) in [6.07, 6.45) is 0.919. The lowest BCUT2D eigenvalue weighted by molar-refractivity contribution is 0.0654. The Morgan fingerprint density at radius 3 is 2.90 bits per heavy atom. The number of hydrogen-bond acceptors (Lipinski definition) is 5. The van der Waals surface area contributed by atoms with Crippen LogP contribution in [0.2, 0.25) is 0 Å². The molecule has 1 aliphatic rings. The summed E-state index contributed by atoms with van der Waals surface area (Å²) in [5, 5.41) is 14.7. The van der Waals surface area contributed by atoms with Gasteiger partial charge in [-0.15, -0.1) is 11.3 Å². The van der Waals surface area contributed by atoms with Crippen molar-refractivity contribution in [2.45, 2.75) is 26.3 Å². The molecule has 2 unspecified atom stereocenters. The number of carbonyl (C=O) groups excluding carboxylic acids is 1. The van der Waals surface area contributed by atoms with Crippen molar-refractivity contribution in [2.24, 2.45) is 13.0 Å². The SMILES string of the molecule is Cc1nn(C)c2sc(C(=O)N3CCC(C)C3CO)c(N)c12. The predicted octanol–water partition coefficient (Wildman–Crippen LogP) is 1.37. The molecule has 2 aromatic rings. The van der Waals surface area contributed by atoms with Crippen molar-refractivity contribution in [3.8, 4) is 0 Å². The molecule has 2 aromatic heterocycles. The van der Waals surface area contributed by atoms with E-state index in [-0.39, 0.29) is 18.6 Å². The molecule has 1 aliphatic heterocycles. The molecule has 0 bridgehead atoms. The highest BCUT2D eigenvalue weighted by molar-refractivity contribution is 7.21. The van der Waals surface area contributed by atoms with Crippen molar-refractivity contribution in [1.29, 1.82) is 0 Å². The lowest BCUT2D eigenvalue weighted by Gasteiger charge is -2.24. The van der Waals surface area contributed by atoms with Crippen LogP contribution in [-0.4, -0.2) is 44.9 Å². The van der Waals surface area contributed by atoms with Gasteiger partial charge in [-0.05, 0) is 19.3 Å². The number of nitrogen functional groups attached to an aromatic ring is 1. The van der Waals surface area contributed by atoms with Gasteiger partial charge in [0.1, 0.15) is 9.71 Å². The Morgan fingerprint density at radius 2 is 2.29 bits per heavy atom. The van der Waals surface area contributed by atoms with Crippen LogP contribution in [0, 0.1) is 12.8 Å². The van der Waals surface area contributed by atoms with E-state index < -0.39 is 0 Å². The summed E-state index contributed by atoms with van der Waals surface area (Å²) in [6, 6.07) is -0.110. The molecular weight excluding hydrogens is 288 g/mol. The topological polar surface area (TPSA) is 84.4 Å². The lowest BCUT2D eigenvalue weighted by atomic mass is 10.0. The van der Waals surface area contributed by atoms with Crippen LogP contribution in [0.25, 0.3) is 10.2 Å². The molecule has 1 saturated heterocycles. The molecule has 3 rings (SSSR count). The summed E-state index contributed by atoms with van der Waals surface area (Å²) in [5.74, 6) is 0.245. The summed E-state index contributed by atoms with van der Waals surface area (Å²) in [6.45, 7) is 4.64. The quantitative estimate of drug-likeness (QED) is 0.877. The highest BCUT2D eigenvalue weighted by atomic mass is 32.1. The second-order valence-electron chi connectivity index (χ2n) is 5.75. The summed E-state index contributed by atoms with van der Waals surface area (Å²) in [5.41, 5.74) is 7.55. The van der Waals surface area contributed by atoms with Crippen molar-refractivity contribution in [3.63, 3.8) is 0 Å². The van der Waals surface area contributed by atoms with E-state index in [1.807, 2.05) is 14.0 Å². The summed E-state index contributed by atoms with van der Waals surface area (Å²) >= 11 is 1.38. The molecule has 21 heavy (non-hydrogen) atoms. The Kier molecular flexibility index (Phi) is 3.41. The van der Waals surface area contributed by atoms with Gasteiger partial charge in [0.05, 0.1) is 29.4 Å². The van der Waals surface area contributed by atoms with Crippen molar-refractivity contribution in [3.05, 3.63) is 10.6 Å². The van der Waals surface area contributed by atoms with Gasteiger partial charge in [-0.25, -0.2) is 0 Å². The maximum atomic E-state index is 12.8. The highest BCUT2D eigenvalue weighted by Gasteiger charge is 2.36. The molecule has 0 spiro atoms. The zero-order valence-electron chi connectivity index (χ0n) is 12.5. The van der Waals surface area contributed by atoms with Gasteiger partial charge in [-0.2, -0.15) is 5.10 Å². The highest BCUT2D eigenvalue weighted by Crippen LogP contribution is 2.37. The smallest absolute Gasteiger partial charge is 0.266 e. The van der Waals surface area contributed by atoms with E-state index in [1.54, 1.807) is 9.58 Å². The molecule has 7 heteroatoms. The standard InChI is InChI=1S/C14H20N4O2S/c1-7-4-5-18(9(7)6-19)13(20)12-11(15)10-8(2)16-17(3)14(10)21-12/h7,9,19H,4-6,15H2,1-3H3. The first-order valence-electron chi connectivity index (χ1n) is 7.09. The molecule has 3 heterocycles. The minimum atomic E-state index is -0.110. The number of thiophene rings is 1. The molecule has 2 atom stereocenters. The zero-order chi connectivity index (χ0) is 15.3. The van der Waals surface area contributed by atoms with Gasteiger partial charge in [0.2, 0.25) is 0 Å². The van der Waals surface area contributed by atoms with Gasteiger partial charge in [0.25, 0.3) is 5.91 Å². The molecule has 0 aliphatic carbocycles. The molecule has 0 aromatic carbocycles. The minimum Gasteiger partial charge on any atom is -0.397 e. The number of nitrogens with two attached hydrogens (primary N) is 1. The van der Waals surface area contributed by atoms with Gasteiger partial charge >= 0.3 is 0 Å². The Labute approximate surface area is 127 Å². The average Bonchev–Trinajstić information content (AvgIpc) is 3.06. The average molecular weight is 308 g/mol. The van der Waals surface area contributed by atoms with E-state index in [1.165, 1.54) is 11.3 Å². The monoisotopic (exact) mass is 308 g/mol. The van der Waals surface area contributed by atoms with Crippen LogP contribution < -0.4 is 5.73 Å². The third-order valence-electron chi connectivity index (χ3n) is 4.41. The van der Waals surface area contributed by atoms with Crippen LogP contribution in [0.4, 0.5) is 5.69 Å². The first-order valence-corrected chi connectivity index (χ1v) is 7.90. The minimum absolute atomic E-state index is 0.00170. The van der Waals surface area contributed by atoms with Crippen molar-refractivity contribution in [2.75, 3.05) is 18.9 Å². The van der Waals surface area contributed by atoms with E-state index in [4.69, 9.17) is 5.73 Å². The third kappa shape index (κ3) is 2.03. The number of amides is 1. The number of nitrogens with zero attached hydrogens (tertiary/aromatic N) is 3. The van der Waals surface area contributed by atoms with Gasteiger partial charge in [-0.1, -0.05) is 6.92 Å². The van der Waals surface area contributed by atoms with Crippen LogP contribution in [0.1, 0.15) is 28.7 Å². The fraction of sp³-hybridized carbons (Fsp3) is 0.571. The lowest BCUT2D eigenvalue weighted by Crippen LogP contribution is -2.39. The Hall–Kier alpha value is -1.60. The maximum absolute atomic E-state index is 12.8. The number of hydrogen-bond donors (Lipinski definition) is 2. The number of aromatic nitrogens is 2. The Bertz CT molecular complexity index is 705. The molecule has 1 fully saturated rings. The number of aliphatic hydroxyl groups is 1.